The van der Waals surface area contributed by atoms with Crippen molar-refractivity contribution >= 4 is 53.2 Å². The van der Waals surface area contributed by atoms with Gasteiger partial charge in [0.25, 0.3) is 0 Å². The summed E-state index contributed by atoms with van der Waals surface area (Å²) < 4.78 is 0. The summed E-state index contributed by atoms with van der Waals surface area (Å²) in [5.41, 5.74) is 22.7. The van der Waals surface area contributed by atoms with E-state index in [1.165, 1.54) is 24.0 Å². The number of hydrogen-bond acceptors (Lipinski definition) is 11. The zero-order chi connectivity index (χ0) is 44.6. The number of nitrogens with zero attached hydrogens (tertiary/aromatic N) is 2. The molecule has 0 saturated carbocycles. The van der Waals surface area contributed by atoms with E-state index in [-0.39, 0.29) is 69.2 Å². The van der Waals surface area contributed by atoms with Crippen LogP contribution in [0.3, 0.4) is 0 Å². The van der Waals surface area contributed by atoms with Crippen molar-refractivity contribution in [3.63, 3.8) is 0 Å². The lowest BCUT2D eigenvalue weighted by atomic mass is 9.88. The maximum Gasteiger partial charge on any atom is 0.303 e. The SMILES string of the molecule is CC(C)C[C@@H](CC(=O)[C@@H](CCC(=O)O)NC(=O)[C@@H](C(C)C)N1C[C@H](NC(=O)[C@@H](Cc2ccc(O)cc2)NC(=O)[C@H](N)CCCN=C(N)N)CC1=O)C(=O)N[C@H](C)C(N)=O. The number of carbonyl (C=O) groups is 8. The first-order valence-corrected chi connectivity index (χ1v) is 19.7. The average Bonchev–Trinajstić information content (AvgIpc) is 3.49. The van der Waals surface area contributed by atoms with Gasteiger partial charge in [-0.25, -0.2) is 0 Å². The van der Waals surface area contributed by atoms with E-state index in [9.17, 15) is 48.6 Å². The number of benzene rings is 1. The Labute approximate surface area is 344 Å². The summed E-state index contributed by atoms with van der Waals surface area (Å²) in [7, 11) is 0. The van der Waals surface area contributed by atoms with Gasteiger partial charge >= 0.3 is 5.97 Å². The van der Waals surface area contributed by atoms with Gasteiger partial charge in [0, 0.05) is 44.7 Å². The molecule has 0 aliphatic carbocycles. The van der Waals surface area contributed by atoms with E-state index < -0.39 is 102 Å². The molecule has 328 valence electrons. The summed E-state index contributed by atoms with van der Waals surface area (Å²) in [6.45, 7) is 8.59. The van der Waals surface area contributed by atoms with Crippen LogP contribution in [0, 0.1) is 17.8 Å². The monoisotopic (exact) mass is 830 g/mol. The Morgan fingerprint density at radius 1 is 0.864 bits per heavy atom. The highest BCUT2D eigenvalue weighted by molar-refractivity contribution is 5.96. The predicted molar refractivity (Wildman–Crippen MR) is 217 cm³/mol. The van der Waals surface area contributed by atoms with Gasteiger partial charge in [-0.1, -0.05) is 39.8 Å². The highest BCUT2D eigenvalue weighted by Crippen LogP contribution is 2.23. The number of hydrogen-bond donors (Lipinski definition) is 10. The third-order valence-electron chi connectivity index (χ3n) is 9.77. The summed E-state index contributed by atoms with van der Waals surface area (Å²) >= 11 is 0. The van der Waals surface area contributed by atoms with Crippen LogP contribution in [0.1, 0.15) is 85.1 Å². The van der Waals surface area contributed by atoms with E-state index >= 15 is 0 Å². The number of carboxylic acids is 1. The Bertz CT molecular complexity index is 1680. The van der Waals surface area contributed by atoms with E-state index in [0.29, 0.717) is 12.0 Å². The zero-order valence-electron chi connectivity index (χ0n) is 34.4. The van der Waals surface area contributed by atoms with E-state index in [2.05, 4.69) is 26.3 Å². The standard InChI is InChI=1S/C39H62N10O10/c1-20(2)15-24(35(56)45-22(5)34(41)55)17-30(51)28(12-13-32(53)54)47-38(59)33(21(3)4)49-19-25(18-31(49)52)46-37(58)29(16-23-8-10-26(50)11-9-23)48-36(57)27(40)7-6-14-44-39(42)43/h8-11,20-22,24-25,27-29,33,50H,6-7,12-19,40H2,1-5H3,(H2,41,55)(H,45,56)(H,46,58)(H,47,59)(H,48,57)(H,53,54)(H4,42,43,44)/t22-,24+,25-,27-,28-,29-,33-/m1/s1. The molecule has 1 fully saturated rings. The van der Waals surface area contributed by atoms with Crippen LogP contribution >= 0.6 is 0 Å². The number of nitrogens with two attached hydrogens (primary N) is 4. The molecule has 14 N–H and O–H groups in total. The van der Waals surface area contributed by atoms with Crippen LogP contribution in [0.15, 0.2) is 29.3 Å². The molecule has 59 heavy (non-hydrogen) atoms. The smallest absolute Gasteiger partial charge is 0.303 e. The van der Waals surface area contributed by atoms with Crippen molar-refractivity contribution in [3.8, 4) is 5.75 Å². The Morgan fingerprint density at radius 2 is 1.49 bits per heavy atom. The molecule has 7 atom stereocenters. The Morgan fingerprint density at radius 3 is 2.05 bits per heavy atom. The first-order valence-electron chi connectivity index (χ1n) is 19.7. The number of likely N-dealkylation sites (tertiary alicyclic amines) is 1. The minimum Gasteiger partial charge on any atom is -0.508 e. The zero-order valence-corrected chi connectivity index (χ0v) is 34.4. The molecule has 20 nitrogen and oxygen atoms in total. The van der Waals surface area contributed by atoms with Crippen LogP contribution < -0.4 is 44.2 Å². The number of rotatable bonds is 25. The Kier molecular flexibility index (Phi) is 19.7. The van der Waals surface area contributed by atoms with Gasteiger partial charge in [0.2, 0.25) is 35.4 Å². The minimum atomic E-state index is -1.33. The molecule has 1 saturated heterocycles. The number of phenols is 1. The molecular weight excluding hydrogens is 768 g/mol. The summed E-state index contributed by atoms with van der Waals surface area (Å²) in [5.74, 6) is -7.20. The number of aliphatic imine (C=N–C) groups is 1. The number of aromatic hydroxyl groups is 1. The van der Waals surface area contributed by atoms with Crippen molar-refractivity contribution in [3.05, 3.63) is 29.8 Å². The quantitative estimate of drug-likeness (QED) is 0.0305. The summed E-state index contributed by atoms with van der Waals surface area (Å²) in [4.78, 5) is 109. The van der Waals surface area contributed by atoms with E-state index in [1.54, 1.807) is 26.0 Å². The molecule has 0 bridgehead atoms. The van der Waals surface area contributed by atoms with Gasteiger partial charge in [-0.3, -0.25) is 43.3 Å². The topological polar surface area (TPSA) is 345 Å². The van der Waals surface area contributed by atoms with Crippen LogP contribution in [-0.2, 0) is 44.8 Å². The Hall–Kier alpha value is -5.79. The van der Waals surface area contributed by atoms with E-state index in [0.717, 1.165) is 0 Å². The van der Waals surface area contributed by atoms with Crippen molar-refractivity contribution < 1.29 is 48.6 Å². The fourth-order valence-corrected chi connectivity index (χ4v) is 6.69. The molecule has 0 spiro atoms. The van der Waals surface area contributed by atoms with Crippen molar-refractivity contribution in [1.82, 2.24) is 26.2 Å². The lowest BCUT2D eigenvalue weighted by molar-refractivity contribution is -0.141. The summed E-state index contributed by atoms with van der Waals surface area (Å²) in [6, 6.07) is -0.378. The number of amides is 6. The molecule has 0 aromatic heterocycles. The van der Waals surface area contributed by atoms with Gasteiger partial charge in [0.1, 0.15) is 23.9 Å². The first-order chi connectivity index (χ1) is 27.6. The Balaban J connectivity index is 2.26. The molecule has 1 aliphatic rings. The average molecular weight is 831 g/mol. The number of guanidine groups is 1. The first kappa shape index (κ1) is 49.4. The van der Waals surface area contributed by atoms with Gasteiger partial charge in [-0.2, -0.15) is 0 Å². The van der Waals surface area contributed by atoms with Gasteiger partial charge < -0.3 is 59.3 Å². The van der Waals surface area contributed by atoms with E-state index in [4.69, 9.17) is 22.9 Å². The van der Waals surface area contributed by atoms with Crippen LogP contribution in [0.25, 0.3) is 0 Å². The van der Waals surface area contributed by atoms with Crippen LogP contribution in [0.4, 0.5) is 0 Å². The predicted octanol–water partition coefficient (Wildman–Crippen LogP) is -1.50. The number of nitrogens with one attached hydrogen (secondary N) is 4. The van der Waals surface area contributed by atoms with Crippen LogP contribution in [0.2, 0.25) is 0 Å². The largest absolute Gasteiger partial charge is 0.508 e. The number of carboxylic acid groups (broad SMARTS) is 1. The third kappa shape index (κ3) is 16.9. The highest BCUT2D eigenvalue weighted by Gasteiger charge is 2.41. The minimum absolute atomic E-state index is 0.00177. The molecule has 1 heterocycles. The fraction of sp³-hybridized carbons (Fsp3) is 0.615. The highest BCUT2D eigenvalue weighted by atomic mass is 16.4. The number of ketones is 1. The van der Waals surface area contributed by atoms with Gasteiger partial charge in [0.15, 0.2) is 11.7 Å². The van der Waals surface area contributed by atoms with Crippen molar-refractivity contribution in [2.75, 3.05) is 13.1 Å². The molecule has 1 aromatic rings. The van der Waals surface area contributed by atoms with Crippen molar-refractivity contribution in [2.45, 2.75) is 122 Å². The summed E-state index contributed by atoms with van der Waals surface area (Å²) in [6.07, 6.45) is -0.461. The van der Waals surface area contributed by atoms with Crippen LogP contribution in [0.5, 0.6) is 5.75 Å². The second-order valence-electron chi connectivity index (χ2n) is 15.8. The lowest BCUT2D eigenvalue weighted by Gasteiger charge is -2.32. The van der Waals surface area contributed by atoms with Gasteiger partial charge in [-0.05, 0) is 62.1 Å². The molecule has 1 aliphatic heterocycles. The van der Waals surface area contributed by atoms with E-state index in [1.807, 2.05) is 13.8 Å². The molecule has 0 radical (unpaired) electrons. The summed E-state index contributed by atoms with van der Waals surface area (Å²) in [5, 5.41) is 29.8. The third-order valence-corrected chi connectivity index (χ3v) is 9.77. The van der Waals surface area contributed by atoms with Gasteiger partial charge in [-0.15, -0.1) is 0 Å². The van der Waals surface area contributed by atoms with Crippen molar-refractivity contribution in [2.24, 2.45) is 45.7 Å². The molecule has 20 heteroatoms. The number of phenolic OH excluding ortho intramolecular Hbond substituents is 1. The second-order valence-corrected chi connectivity index (χ2v) is 15.8. The maximum atomic E-state index is 14.0. The normalized spacial score (nSPS) is 16.9. The van der Waals surface area contributed by atoms with Crippen LogP contribution in [-0.4, -0.2) is 118 Å². The molecular formula is C39H62N10O10. The molecule has 6 amide bonds. The van der Waals surface area contributed by atoms with Gasteiger partial charge in [0.05, 0.1) is 18.1 Å². The number of primary amides is 1. The fourth-order valence-electron chi connectivity index (χ4n) is 6.69. The number of aliphatic carboxylic acids is 1. The molecule has 1 aromatic carbocycles. The second kappa shape index (κ2) is 23.6. The maximum absolute atomic E-state index is 14.0. The van der Waals surface area contributed by atoms with Crippen molar-refractivity contribution in [1.29, 1.82) is 0 Å². The number of carbonyl (C=O) groups excluding carboxylic acids is 7. The molecule has 2 rings (SSSR count). The number of Topliss-reactive ketones (excluding diaryl/α,β-unsaturated/α-hetero) is 1. The lowest BCUT2D eigenvalue weighted by Crippen LogP contribution is -2.56. The molecule has 0 unspecified atom stereocenters.